The molecule has 5 rings (SSSR count). The van der Waals surface area contributed by atoms with Crippen LogP contribution in [0.2, 0.25) is 0 Å². The molecule has 0 spiro atoms. The number of fused-ring (bicyclic) bond motifs is 1. The molecule has 0 bridgehead atoms. The van der Waals surface area contributed by atoms with Gasteiger partial charge in [0.05, 0.1) is 10.6 Å². The van der Waals surface area contributed by atoms with Crippen molar-refractivity contribution in [1.29, 1.82) is 0 Å². The van der Waals surface area contributed by atoms with Gasteiger partial charge in [0.2, 0.25) is 0 Å². The number of ether oxygens (including phenoxy) is 1. The van der Waals surface area contributed by atoms with Gasteiger partial charge in [0.15, 0.2) is 5.54 Å². The summed E-state index contributed by atoms with van der Waals surface area (Å²) in [6.07, 6.45) is 1.72. The summed E-state index contributed by atoms with van der Waals surface area (Å²) in [6, 6.07) is 13.9. The van der Waals surface area contributed by atoms with Crippen LogP contribution >= 0.6 is 11.3 Å². The van der Waals surface area contributed by atoms with Crippen molar-refractivity contribution < 1.29 is 19.4 Å². The molecule has 0 saturated carbocycles. The normalized spacial score (nSPS) is 20.9. The van der Waals surface area contributed by atoms with E-state index in [0.717, 1.165) is 21.0 Å². The van der Waals surface area contributed by atoms with Gasteiger partial charge in [-0.1, -0.05) is 12.1 Å². The molecule has 2 aliphatic heterocycles. The Hall–Kier alpha value is -3.43. The van der Waals surface area contributed by atoms with Crippen molar-refractivity contribution in [1.82, 2.24) is 20.5 Å². The van der Waals surface area contributed by atoms with Gasteiger partial charge in [-0.2, -0.15) is 0 Å². The van der Waals surface area contributed by atoms with Crippen LogP contribution in [-0.2, 0) is 16.9 Å². The molecule has 3 N–H and O–H groups in total. The monoisotopic (exact) mass is 422 g/mol. The van der Waals surface area contributed by atoms with Crippen LogP contribution in [0.4, 0.5) is 4.79 Å². The van der Waals surface area contributed by atoms with E-state index >= 15 is 0 Å². The standard InChI is InChI=1S/C21H18N4O4S/c26-14-5-4-13-10-25(12-29-16(13)9-14)11-21(19(27)23-20(28)24-21)18-7-6-17(30-18)15-3-1-2-8-22-15/h1-9,26H,10-12H2,(H2,23,24,27,28). The second kappa shape index (κ2) is 7.12. The number of carbonyl (C=O) groups excluding carboxylic acids is 2. The highest BCUT2D eigenvalue weighted by atomic mass is 32.1. The van der Waals surface area contributed by atoms with Gasteiger partial charge in [0, 0.05) is 35.8 Å². The van der Waals surface area contributed by atoms with Gasteiger partial charge in [-0.25, -0.2) is 4.79 Å². The first-order valence-corrected chi connectivity index (χ1v) is 10.2. The van der Waals surface area contributed by atoms with Gasteiger partial charge in [-0.05, 0) is 30.3 Å². The van der Waals surface area contributed by atoms with Crippen molar-refractivity contribution in [2.24, 2.45) is 0 Å². The summed E-state index contributed by atoms with van der Waals surface area (Å²) in [5, 5.41) is 14.8. The summed E-state index contributed by atoms with van der Waals surface area (Å²) in [5.74, 6) is 0.369. The Labute approximate surface area is 176 Å². The minimum atomic E-state index is -1.22. The average Bonchev–Trinajstić information content (AvgIpc) is 3.34. The van der Waals surface area contributed by atoms with Gasteiger partial charge in [-0.3, -0.25) is 20.0 Å². The molecule has 0 radical (unpaired) electrons. The molecule has 30 heavy (non-hydrogen) atoms. The Morgan fingerprint density at radius 3 is 2.87 bits per heavy atom. The fraction of sp³-hybridized carbons (Fsp3) is 0.190. The number of hydrogen-bond acceptors (Lipinski definition) is 7. The lowest BCUT2D eigenvalue weighted by atomic mass is 9.96. The summed E-state index contributed by atoms with van der Waals surface area (Å²) in [5.41, 5.74) is 0.495. The molecule has 8 nitrogen and oxygen atoms in total. The minimum Gasteiger partial charge on any atom is -0.508 e. The third kappa shape index (κ3) is 3.17. The third-order valence-electron chi connectivity index (χ3n) is 5.19. The van der Waals surface area contributed by atoms with Gasteiger partial charge >= 0.3 is 6.03 Å². The van der Waals surface area contributed by atoms with E-state index in [4.69, 9.17) is 4.74 Å². The number of phenolic OH excluding ortho intramolecular Hbond substituents is 1. The molecule has 1 saturated heterocycles. The molecule has 0 aliphatic carbocycles. The highest BCUT2D eigenvalue weighted by molar-refractivity contribution is 7.15. The van der Waals surface area contributed by atoms with E-state index in [0.29, 0.717) is 12.3 Å². The number of nitrogens with zero attached hydrogens (tertiary/aromatic N) is 2. The molecular formula is C21H18N4O4S. The molecule has 3 aromatic rings. The fourth-order valence-corrected chi connectivity index (χ4v) is 4.88. The number of phenols is 1. The number of aromatic nitrogens is 1. The number of amides is 3. The third-order valence-corrected chi connectivity index (χ3v) is 6.46. The lowest BCUT2D eigenvalue weighted by Gasteiger charge is -2.35. The second-order valence-electron chi connectivity index (χ2n) is 7.24. The first kappa shape index (κ1) is 18.6. The fourth-order valence-electron chi connectivity index (χ4n) is 3.76. The summed E-state index contributed by atoms with van der Waals surface area (Å²) in [6.45, 7) is 1.01. The van der Waals surface area contributed by atoms with Crippen LogP contribution < -0.4 is 15.4 Å². The molecule has 9 heteroatoms. The molecule has 2 aliphatic rings. The van der Waals surface area contributed by atoms with Gasteiger partial charge in [-0.15, -0.1) is 11.3 Å². The zero-order valence-corrected chi connectivity index (χ0v) is 16.6. The molecule has 1 aromatic carbocycles. The van der Waals surface area contributed by atoms with Crippen LogP contribution in [0, 0.1) is 0 Å². The van der Waals surface area contributed by atoms with Gasteiger partial charge in [0.1, 0.15) is 18.2 Å². The Kier molecular flexibility index (Phi) is 4.41. The van der Waals surface area contributed by atoms with Crippen molar-refractivity contribution in [3.63, 3.8) is 0 Å². The van der Waals surface area contributed by atoms with E-state index in [2.05, 4.69) is 15.6 Å². The number of aromatic hydroxyl groups is 1. The summed E-state index contributed by atoms with van der Waals surface area (Å²) in [4.78, 5) is 32.9. The van der Waals surface area contributed by atoms with E-state index < -0.39 is 17.5 Å². The number of carbonyl (C=O) groups is 2. The van der Waals surface area contributed by atoms with Crippen LogP contribution in [0.1, 0.15) is 10.4 Å². The van der Waals surface area contributed by atoms with Gasteiger partial charge < -0.3 is 15.2 Å². The number of hydrogen-bond donors (Lipinski definition) is 3. The zero-order valence-electron chi connectivity index (χ0n) is 15.8. The van der Waals surface area contributed by atoms with Crippen LogP contribution in [0.3, 0.4) is 0 Å². The van der Waals surface area contributed by atoms with E-state index in [1.165, 1.54) is 11.3 Å². The van der Waals surface area contributed by atoms with Crippen LogP contribution in [0.15, 0.2) is 54.7 Å². The van der Waals surface area contributed by atoms with Crippen molar-refractivity contribution in [3.05, 3.63) is 65.2 Å². The SMILES string of the molecule is O=C1NC(=O)C(CN2COc3cc(O)ccc3C2)(c2ccc(-c3ccccn3)s2)N1. The Morgan fingerprint density at radius 2 is 2.10 bits per heavy atom. The summed E-state index contributed by atoms with van der Waals surface area (Å²) in [7, 11) is 0. The quantitative estimate of drug-likeness (QED) is 0.558. The summed E-state index contributed by atoms with van der Waals surface area (Å²) < 4.78 is 5.76. The Balaban J connectivity index is 1.46. The van der Waals surface area contributed by atoms with E-state index in [-0.39, 0.29) is 19.0 Å². The maximum atomic E-state index is 12.9. The van der Waals surface area contributed by atoms with Crippen molar-refractivity contribution >= 4 is 23.3 Å². The first-order valence-electron chi connectivity index (χ1n) is 9.36. The number of thiophene rings is 1. The average molecular weight is 422 g/mol. The highest BCUT2D eigenvalue weighted by Crippen LogP contribution is 2.37. The predicted octanol–water partition coefficient (Wildman–Crippen LogP) is 2.40. The van der Waals surface area contributed by atoms with Crippen LogP contribution in [0.5, 0.6) is 11.5 Å². The van der Waals surface area contributed by atoms with Crippen molar-refractivity contribution in [2.75, 3.05) is 13.3 Å². The van der Waals surface area contributed by atoms with Gasteiger partial charge in [0.25, 0.3) is 5.91 Å². The molecule has 1 fully saturated rings. The molecule has 4 heterocycles. The number of rotatable bonds is 4. The lowest BCUT2D eigenvalue weighted by Crippen LogP contribution is -2.53. The van der Waals surface area contributed by atoms with E-state index in [1.807, 2.05) is 35.2 Å². The van der Waals surface area contributed by atoms with Crippen molar-refractivity contribution in [3.8, 4) is 22.1 Å². The molecule has 3 amide bonds. The number of imide groups is 1. The number of pyridine rings is 1. The number of nitrogens with one attached hydrogen (secondary N) is 2. The smallest absolute Gasteiger partial charge is 0.322 e. The highest BCUT2D eigenvalue weighted by Gasteiger charge is 2.50. The van der Waals surface area contributed by atoms with E-state index in [1.54, 1.807) is 24.4 Å². The van der Waals surface area contributed by atoms with Crippen LogP contribution in [-0.4, -0.2) is 40.2 Å². The zero-order chi connectivity index (χ0) is 20.7. The summed E-state index contributed by atoms with van der Waals surface area (Å²) >= 11 is 1.43. The van der Waals surface area contributed by atoms with E-state index in [9.17, 15) is 14.7 Å². The first-order chi connectivity index (χ1) is 14.5. The van der Waals surface area contributed by atoms with Crippen LogP contribution in [0.25, 0.3) is 10.6 Å². The minimum absolute atomic E-state index is 0.141. The molecule has 1 atom stereocenters. The Morgan fingerprint density at radius 1 is 1.20 bits per heavy atom. The second-order valence-corrected chi connectivity index (χ2v) is 8.33. The molecule has 2 aromatic heterocycles. The topological polar surface area (TPSA) is 104 Å². The number of benzene rings is 1. The lowest BCUT2D eigenvalue weighted by molar-refractivity contribution is -0.125. The molecule has 1 unspecified atom stereocenters. The number of urea groups is 1. The molecular weight excluding hydrogens is 404 g/mol. The largest absolute Gasteiger partial charge is 0.508 e. The molecule has 152 valence electrons. The predicted molar refractivity (Wildman–Crippen MR) is 110 cm³/mol. The maximum absolute atomic E-state index is 12.9. The maximum Gasteiger partial charge on any atom is 0.322 e. The Bertz CT molecular complexity index is 1130. The van der Waals surface area contributed by atoms with Crippen molar-refractivity contribution in [2.45, 2.75) is 12.1 Å².